The van der Waals surface area contributed by atoms with Crippen molar-refractivity contribution >= 4 is 5.95 Å². The van der Waals surface area contributed by atoms with E-state index >= 15 is 0 Å². The van der Waals surface area contributed by atoms with Gasteiger partial charge in [0, 0.05) is 18.3 Å². The van der Waals surface area contributed by atoms with Crippen LogP contribution in [0.15, 0.2) is 6.07 Å². The molecule has 0 saturated heterocycles. The molecule has 0 aromatic carbocycles. The Labute approximate surface area is 115 Å². The zero-order chi connectivity index (χ0) is 13.9. The zero-order valence-electron chi connectivity index (χ0n) is 12.1. The lowest BCUT2D eigenvalue weighted by Crippen LogP contribution is -2.43. The number of nitrogens with zero attached hydrogens (tertiary/aromatic N) is 2. The Morgan fingerprint density at radius 1 is 1.37 bits per heavy atom. The first kappa shape index (κ1) is 14.1. The maximum atomic E-state index is 5.92. The van der Waals surface area contributed by atoms with E-state index in [0.29, 0.717) is 18.4 Å². The summed E-state index contributed by atoms with van der Waals surface area (Å²) in [6, 6.07) is 1.86. The summed E-state index contributed by atoms with van der Waals surface area (Å²) >= 11 is 0. The third-order valence-corrected chi connectivity index (χ3v) is 3.52. The molecule has 1 aliphatic carbocycles. The van der Waals surface area contributed by atoms with Crippen LogP contribution in [0, 0.1) is 6.92 Å². The van der Waals surface area contributed by atoms with Gasteiger partial charge in [0.25, 0.3) is 0 Å². The highest BCUT2D eigenvalue weighted by Crippen LogP contribution is 2.31. The Morgan fingerprint density at radius 2 is 2.05 bits per heavy atom. The van der Waals surface area contributed by atoms with Crippen LogP contribution in [0.1, 0.15) is 45.2 Å². The number of nitrogens with two attached hydrogens (primary N) is 1. The van der Waals surface area contributed by atoms with Gasteiger partial charge >= 0.3 is 0 Å². The Balaban J connectivity index is 2.17. The number of aryl methyl sites for hydroxylation is 1. The van der Waals surface area contributed by atoms with Crippen molar-refractivity contribution in [3.63, 3.8) is 0 Å². The number of hydrogen-bond donors (Lipinski definition) is 2. The van der Waals surface area contributed by atoms with Crippen LogP contribution in [-0.4, -0.2) is 28.2 Å². The summed E-state index contributed by atoms with van der Waals surface area (Å²) in [5.41, 5.74) is 6.79. The molecule has 1 aliphatic rings. The number of ether oxygens (including phenoxy) is 1. The SMILES string of the molecule is Cc1cc(OC(C)C)nc(NC2(CN)CCCC2)n1. The van der Waals surface area contributed by atoms with Gasteiger partial charge in [0.2, 0.25) is 11.8 Å². The average Bonchev–Trinajstić information content (AvgIpc) is 2.76. The van der Waals surface area contributed by atoms with Gasteiger partial charge in [-0.1, -0.05) is 12.8 Å². The van der Waals surface area contributed by atoms with Crippen LogP contribution in [0.2, 0.25) is 0 Å². The van der Waals surface area contributed by atoms with E-state index in [-0.39, 0.29) is 11.6 Å². The summed E-state index contributed by atoms with van der Waals surface area (Å²) in [5.74, 6) is 1.25. The lowest BCUT2D eigenvalue weighted by molar-refractivity contribution is 0.232. The second kappa shape index (κ2) is 5.74. The van der Waals surface area contributed by atoms with E-state index in [1.807, 2.05) is 26.8 Å². The molecule has 0 radical (unpaired) electrons. The molecule has 0 aliphatic heterocycles. The van der Waals surface area contributed by atoms with Crippen LogP contribution in [0.5, 0.6) is 5.88 Å². The highest BCUT2D eigenvalue weighted by molar-refractivity contribution is 5.35. The van der Waals surface area contributed by atoms with Crippen molar-refractivity contribution in [2.45, 2.75) is 58.1 Å². The molecule has 1 heterocycles. The van der Waals surface area contributed by atoms with E-state index in [4.69, 9.17) is 10.5 Å². The summed E-state index contributed by atoms with van der Waals surface area (Å²) in [7, 11) is 0. The molecule has 2 rings (SSSR count). The third kappa shape index (κ3) is 3.56. The fraction of sp³-hybridized carbons (Fsp3) is 0.714. The normalized spacial score (nSPS) is 17.7. The number of aromatic nitrogens is 2. The first-order valence-electron chi connectivity index (χ1n) is 7.04. The summed E-state index contributed by atoms with van der Waals surface area (Å²) in [6.07, 6.45) is 4.70. The van der Waals surface area contributed by atoms with E-state index in [2.05, 4.69) is 15.3 Å². The Bertz CT molecular complexity index is 427. The molecular formula is C14H24N4O. The molecule has 1 aromatic heterocycles. The van der Waals surface area contributed by atoms with Crippen molar-refractivity contribution in [2.24, 2.45) is 5.73 Å². The van der Waals surface area contributed by atoms with E-state index in [1.165, 1.54) is 12.8 Å². The molecule has 5 nitrogen and oxygen atoms in total. The molecule has 0 atom stereocenters. The minimum Gasteiger partial charge on any atom is -0.475 e. The number of nitrogens with one attached hydrogen (secondary N) is 1. The largest absolute Gasteiger partial charge is 0.475 e. The van der Waals surface area contributed by atoms with E-state index < -0.39 is 0 Å². The Hall–Kier alpha value is -1.36. The molecule has 19 heavy (non-hydrogen) atoms. The number of anilines is 1. The van der Waals surface area contributed by atoms with E-state index in [1.54, 1.807) is 0 Å². The minimum absolute atomic E-state index is 0.0388. The van der Waals surface area contributed by atoms with Crippen molar-refractivity contribution in [1.82, 2.24) is 9.97 Å². The van der Waals surface area contributed by atoms with Gasteiger partial charge in [0.15, 0.2) is 0 Å². The molecule has 0 bridgehead atoms. The van der Waals surface area contributed by atoms with Gasteiger partial charge in [-0.3, -0.25) is 0 Å². The van der Waals surface area contributed by atoms with Gasteiger partial charge in [-0.15, -0.1) is 0 Å². The maximum absolute atomic E-state index is 5.92. The summed E-state index contributed by atoms with van der Waals surface area (Å²) in [4.78, 5) is 8.87. The molecule has 0 spiro atoms. The second-order valence-corrected chi connectivity index (χ2v) is 5.65. The first-order valence-corrected chi connectivity index (χ1v) is 7.04. The molecule has 0 amide bonds. The van der Waals surface area contributed by atoms with Crippen molar-refractivity contribution in [3.8, 4) is 5.88 Å². The van der Waals surface area contributed by atoms with Gasteiger partial charge in [0.05, 0.1) is 11.6 Å². The summed E-state index contributed by atoms with van der Waals surface area (Å²) in [6.45, 7) is 6.54. The van der Waals surface area contributed by atoms with Gasteiger partial charge < -0.3 is 15.8 Å². The van der Waals surface area contributed by atoms with Crippen LogP contribution in [0.4, 0.5) is 5.95 Å². The molecule has 0 unspecified atom stereocenters. The van der Waals surface area contributed by atoms with Crippen LogP contribution in [0.25, 0.3) is 0 Å². The summed E-state index contributed by atoms with van der Waals surface area (Å²) < 4.78 is 5.64. The quantitative estimate of drug-likeness (QED) is 0.853. The van der Waals surface area contributed by atoms with Gasteiger partial charge in [0.1, 0.15) is 0 Å². The molecule has 1 fully saturated rings. The van der Waals surface area contributed by atoms with Crippen molar-refractivity contribution < 1.29 is 4.74 Å². The Morgan fingerprint density at radius 3 is 2.63 bits per heavy atom. The summed E-state index contributed by atoms with van der Waals surface area (Å²) in [5, 5.41) is 3.43. The highest BCUT2D eigenvalue weighted by atomic mass is 16.5. The molecule has 1 saturated carbocycles. The van der Waals surface area contributed by atoms with Crippen molar-refractivity contribution in [3.05, 3.63) is 11.8 Å². The second-order valence-electron chi connectivity index (χ2n) is 5.65. The molecule has 3 N–H and O–H groups in total. The standard InChI is InChI=1S/C14H24N4O/c1-10(2)19-12-8-11(3)16-13(17-12)18-14(9-15)6-4-5-7-14/h8,10H,4-7,9,15H2,1-3H3,(H,16,17,18). The van der Waals surface area contributed by atoms with Crippen molar-refractivity contribution in [2.75, 3.05) is 11.9 Å². The number of hydrogen-bond acceptors (Lipinski definition) is 5. The third-order valence-electron chi connectivity index (χ3n) is 3.52. The smallest absolute Gasteiger partial charge is 0.226 e. The molecule has 5 heteroatoms. The molecule has 106 valence electrons. The predicted molar refractivity (Wildman–Crippen MR) is 76.4 cm³/mol. The fourth-order valence-corrected chi connectivity index (χ4v) is 2.57. The molecular weight excluding hydrogens is 240 g/mol. The maximum Gasteiger partial charge on any atom is 0.226 e. The van der Waals surface area contributed by atoms with Gasteiger partial charge in [-0.25, -0.2) is 4.98 Å². The lowest BCUT2D eigenvalue weighted by Gasteiger charge is -2.28. The monoisotopic (exact) mass is 264 g/mol. The molecule has 1 aromatic rings. The topological polar surface area (TPSA) is 73.1 Å². The van der Waals surface area contributed by atoms with Crippen LogP contribution >= 0.6 is 0 Å². The van der Waals surface area contributed by atoms with Gasteiger partial charge in [-0.2, -0.15) is 4.98 Å². The van der Waals surface area contributed by atoms with E-state index in [9.17, 15) is 0 Å². The zero-order valence-corrected chi connectivity index (χ0v) is 12.1. The van der Waals surface area contributed by atoms with Crippen LogP contribution < -0.4 is 15.8 Å². The van der Waals surface area contributed by atoms with Crippen LogP contribution in [-0.2, 0) is 0 Å². The number of rotatable bonds is 5. The lowest BCUT2D eigenvalue weighted by atomic mass is 9.98. The highest BCUT2D eigenvalue weighted by Gasteiger charge is 2.33. The van der Waals surface area contributed by atoms with Crippen molar-refractivity contribution in [1.29, 1.82) is 0 Å². The minimum atomic E-state index is -0.0388. The van der Waals surface area contributed by atoms with E-state index in [0.717, 1.165) is 18.5 Å². The predicted octanol–water partition coefficient (Wildman–Crippen LogP) is 2.26. The van der Waals surface area contributed by atoms with Crippen LogP contribution in [0.3, 0.4) is 0 Å². The van der Waals surface area contributed by atoms with Gasteiger partial charge in [-0.05, 0) is 33.6 Å². The first-order chi connectivity index (χ1) is 9.03. The fourth-order valence-electron chi connectivity index (χ4n) is 2.57. The average molecular weight is 264 g/mol. The Kier molecular flexibility index (Phi) is 4.24.